The fourth-order valence-electron chi connectivity index (χ4n) is 5.50. The Morgan fingerprint density at radius 3 is 2.24 bits per heavy atom. The lowest BCUT2D eigenvalue weighted by molar-refractivity contribution is -0.157. The SMILES string of the molecule is O=C(NC1CCC(CC(=O)N2CCC2C(=O)O)C1)OCC1c2ccccc2-c2ccccc21. The summed E-state index contributed by atoms with van der Waals surface area (Å²) in [5.74, 6) is -0.849. The van der Waals surface area contributed by atoms with Crippen LogP contribution in [-0.2, 0) is 14.3 Å². The van der Waals surface area contributed by atoms with Gasteiger partial charge in [-0.05, 0) is 53.9 Å². The number of aliphatic carboxylic acids is 1. The normalized spacial score (nSPS) is 23.4. The number of carbonyl (C=O) groups excluding carboxylic acids is 2. The fraction of sp³-hybridized carbons (Fsp3) is 0.423. The largest absolute Gasteiger partial charge is 0.480 e. The molecule has 2 N–H and O–H groups in total. The van der Waals surface area contributed by atoms with Gasteiger partial charge in [-0.15, -0.1) is 0 Å². The van der Waals surface area contributed by atoms with Crippen molar-refractivity contribution in [3.05, 3.63) is 59.7 Å². The van der Waals surface area contributed by atoms with Crippen LogP contribution in [0.4, 0.5) is 4.79 Å². The second kappa shape index (κ2) is 8.89. The Balaban J connectivity index is 1.12. The van der Waals surface area contributed by atoms with Crippen molar-refractivity contribution >= 4 is 18.0 Å². The highest BCUT2D eigenvalue weighted by molar-refractivity contribution is 5.85. The van der Waals surface area contributed by atoms with Crippen molar-refractivity contribution < 1.29 is 24.2 Å². The first kappa shape index (κ1) is 21.5. The maximum absolute atomic E-state index is 12.5. The highest BCUT2D eigenvalue weighted by atomic mass is 16.5. The summed E-state index contributed by atoms with van der Waals surface area (Å²) in [7, 11) is 0. The molecule has 3 atom stereocenters. The Morgan fingerprint density at radius 1 is 0.970 bits per heavy atom. The quantitative estimate of drug-likeness (QED) is 0.701. The van der Waals surface area contributed by atoms with E-state index in [0.717, 1.165) is 12.8 Å². The van der Waals surface area contributed by atoms with E-state index in [1.165, 1.54) is 27.2 Å². The molecule has 7 nitrogen and oxygen atoms in total. The van der Waals surface area contributed by atoms with Gasteiger partial charge in [0.25, 0.3) is 0 Å². The molecule has 2 aliphatic carbocycles. The zero-order valence-corrected chi connectivity index (χ0v) is 18.4. The predicted molar refractivity (Wildman–Crippen MR) is 122 cm³/mol. The number of hydrogen-bond donors (Lipinski definition) is 2. The van der Waals surface area contributed by atoms with Crippen LogP contribution in [0.5, 0.6) is 0 Å². The molecule has 5 rings (SSSR count). The molecule has 2 aromatic rings. The van der Waals surface area contributed by atoms with E-state index in [1.54, 1.807) is 0 Å². The van der Waals surface area contributed by atoms with Gasteiger partial charge < -0.3 is 20.1 Å². The smallest absolute Gasteiger partial charge is 0.407 e. The van der Waals surface area contributed by atoms with Gasteiger partial charge in [-0.1, -0.05) is 48.5 Å². The van der Waals surface area contributed by atoms with E-state index < -0.39 is 18.1 Å². The van der Waals surface area contributed by atoms with Gasteiger partial charge in [0.15, 0.2) is 0 Å². The van der Waals surface area contributed by atoms with Gasteiger partial charge in [0.2, 0.25) is 5.91 Å². The van der Waals surface area contributed by atoms with Crippen LogP contribution in [0.25, 0.3) is 11.1 Å². The number of hydrogen-bond acceptors (Lipinski definition) is 4. The monoisotopic (exact) mass is 448 g/mol. The molecule has 1 aliphatic heterocycles. The Morgan fingerprint density at radius 2 is 1.64 bits per heavy atom. The van der Waals surface area contributed by atoms with Gasteiger partial charge in [-0.25, -0.2) is 9.59 Å². The molecule has 0 spiro atoms. The molecule has 3 aliphatic rings. The van der Waals surface area contributed by atoms with E-state index in [2.05, 4.69) is 29.6 Å². The van der Waals surface area contributed by atoms with Gasteiger partial charge in [-0.2, -0.15) is 0 Å². The highest BCUT2D eigenvalue weighted by Gasteiger charge is 2.39. The van der Waals surface area contributed by atoms with Crippen LogP contribution in [0.2, 0.25) is 0 Å². The summed E-state index contributed by atoms with van der Waals surface area (Å²) in [5, 5.41) is 12.1. The maximum atomic E-state index is 12.5. The van der Waals surface area contributed by atoms with Gasteiger partial charge in [0.05, 0.1) is 0 Å². The number of amides is 2. The minimum atomic E-state index is -0.934. The summed E-state index contributed by atoms with van der Waals surface area (Å²) in [5.41, 5.74) is 4.74. The van der Waals surface area contributed by atoms with Crippen LogP contribution in [0, 0.1) is 5.92 Å². The average molecular weight is 449 g/mol. The highest BCUT2D eigenvalue weighted by Crippen LogP contribution is 2.44. The number of nitrogens with one attached hydrogen (secondary N) is 1. The van der Waals surface area contributed by atoms with Crippen LogP contribution in [0.1, 0.15) is 49.1 Å². The minimum absolute atomic E-state index is 0.0230. The Kier molecular flexibility index (Phi) is 5.79. The second-order valence-electron chi connectivity index (χ2n) is 9.28. The number of ether oxygens (including phenoxy) is 1. The number of rotatable bonds is 6. The lowest BCUT2D eigenvalue weighted by Gasteiger charge is -2.38. The second-order valence-corrected chi connectivity index (χ2v) is 9.28. The van der Waals surface area contributed by atoms with E-state index in [4.69, 9.17) is 9.84 Å². The van der Waals surface area contributed by atoms with E-state index in [9.17, 15) is 14.4 Å². The van der Waals surface area contributed by atoms with Crippen molar-refractivity contribution in [2.75, 3.05) is 13.2 Å². The third-order valence-electron chi connectivity index (χ3n) is 7.30. The van der Waals surface area contributed by atoms with Gasteiger partial charge >= 0.3 is 12.1 Å². The summed E-state index contributed by atoms with van der Waals surface area (Å²) >= 11 is 0. The molecule has 3 unspecified atom stereocenters. The third kappa shape index (κ3) is 4.19. The number of carboxylic acid groups (broad SMARTS) is 1. The first-order valence-electron chi connectivity index (χ1n) is 11.6. The standard InChI is InChI=1S/C26H28N2O5/c29-24(28-12-11-23(28)25(30)31)14-16-9-10-17(13-16)27-26(32)33-15-22-20-7-3-1-5-18(20)19-6-2-4-8-21(19)22/h1-8,16-17,22-23H,9-15H2,(H,27,32)(H,30,31). The summed E-state index contributed by atoms with van der Waals surface area (Å²) in [6.45, 7) is 0.796. The Hall–Kier alpha value is -3.35. The number of nitrogens with zero attached hydrogens (tertiary/aromatic N) is 1. The average Bonchev–Trinajstić information content (AvgIpc) is 3.33. The van der Waals surface area contributed by atoms with Crippen molar-refractivity contribution in [2.45, 2.75) is 50.1 Å². The summed E-state index contributed by atoms with van der Waals surface area (Å²) in [6, 6.07) is 15.8. The van der Waals surface area contributed by atoms with Crippen LogP contribution in [0.3, 0.4) is 0 Å². The Labute approximate surface area is 192 Å². The molecule has 1 saturated heterocycles. The molecule has 33 heavy (non-hydrogen) atoms. The number of fused-ring (bicyclic) bond motifs is 3. The van der Waals surface area contributed by atoms with Gasteiger partial charge in [-0.3, -0.25) is 4.79 Å². The van der Waals surface area contributed by atoms with Crippen LogP contribution in [-0.4, -0.2) is 53.2 Å². The molecule has 7 heteroatoms. The van der Waals surface area contributed by atoms with Crippen molar-refractivity contribution in [2.24, 2.45) is 5.92 Å². The molecular formula is C26H28N2O5. The maximum Gasteiger partial charge on any atom is 0.407 e. The Bertz CT molecular complexity index is 1040. The lowest BCUT2D eigenvalue weighted by Crippen LogP contribution is -2.55. The number of benzene rings is 2. The molecule has 2 fully saturated rings. The van der Waals surface area contributed by atoms with Gasteiger partial charge in [0, 0.05) is 24.9 Å². The van der Waals surface area contributed by atoms with Gasteiger partial charge in [0.1, 0.15) is 12.6 Å². The number of carbonyl (C=O) groups is 3. The van der Waals surface area contributed by atoms with E-state index in [0.29, 0.717) is 25.8 Å². The number of carboxylic acids is 1. The third-order valence-corrected chi connectivity index (χ3v) is 7.30. The molecule has 1 heterocycles. The molecule has 0 bridgehead atoms. The predicted octanol–water partition coefficient (Wildman–Crippen LogP) is 3.77. The zero-order chi connectivity index (χ0) is 22.9. The molecular weight excluding hydrogens is 420 g/mol. The van der Waals surface area contributed by atoms with Crippen molar-refractivity contribution in [3.63, 3.8) is 0 Å². The topological polar surface area (TPSA) is 95.9 Å². The first-order valence-corrected chi connectivity index (χ1v) is 11.6. The number of likely N-dealkylation sites (tertiary alicyclic amines) is 1. The van der Waals surface area contributed by atoms with Crippen LogP contribution < -0.4 is 5.32 Å². The van der Waals surface area contributed by atoms with Crippen molar-refractivity contribution in [1.82, 2.24) is 10.2 Å². The zero-order valence-electron chi connectivity index (χ0n) is 18.4. The van der Waals surface area contributed by atoms with Crippen molar-refractivity contribution in [3.8, 4) is 11.1 Å². The van der Waals surface area contributed by atoms with E-state index >= 15 is 0 Å². The fourth-order valence-corrected chi connectivity index (χ4v) is 5.50. The minimum Gasteiger partial charge on any atom is -0.480 e. The van der Waals surface area contributed by atoms with Crippen LogP contribution >= 0.6 is 0 Å². The summed E-state index contributed by atoms with van der Waals surface area (Å²) in [4.78, 5) is 37.5. The molecule has 1 saturated carbocycles. The number of alkyl carbamates (subject to hydrolysis) is 1. The summed E-state index contributed by atoms with van der Waals surface area (Å²) < 4.78 is 5.63. The lowest BCUT2D eigenvalue weighted by atomic mass is 9.98. The van der Waals surface area contributed by atoms with Crippen molar-refractivity contribution in [1.29, 1.82) is 0 Å². The molecule has 2 amide bonds. The molecule has 0 radical (unpaired) electrons. The molecule has 172 valence electrons. The van der Waals surface area contributed by atoms with E-state index in [-0.39, 0.29) is 30.4 Å². The molecule has 2 aromatic carbocycles. The van der Waals surface area contributed by atoms with Crippen LogP contribution in [0.15, 0.2) is 48.5 Å². The molecule has 0 aromatic heterocycles. The van der Waals surface area contributed by atoms with E-state index in [1.807, 2.05) is 24.3 Å². The summed E-state index contributed by atoms with van der Waals surface area (Å²) in [6.07, 6.45) is 2.78. The first-order chi connectivity index (χ1) is 16.0.